The molecule has 0 aliphatic carbocycles. The van der Waals surface area contributed by atoms with E-state index in [4.69, 9.17) is 0 Å². The summed E-state index contributed by atoms with van der Waals surface area (Å²) < 4.78 is 26.2. The van der Waals surface area contributed by atoms with Crippen molar-refractivity contribution in [1.82, 2.24) is 5.43 Å². The van der Waals surface area contributed by atoms with E-state index in [2.05, 4.69) is 15.8 Å². The molecule has 28 heavy (non-hydrogen) atoms. The van der Waals surface area contributed by atoms with Gasteiger partial charge in [0, 0.05) is 5.56 Å². The number of carbonyl (C=O) groups excluding carboxylic acids is 2. The number of hydrazone groups is 1. The molecule has 3 aromatic carbocycles. The molecule has 3 aromatic rings. The lowest BCUT2D eigenvalue weighted by atomic mass is 10.1. The lowest BCUT2D eigenvalue weighted by molar-refractivity contribution is 0.0956. The average Bonchev–Trinajstić information content (AvgIpc) is 2.70. The van der Waals surface area contributed by atoms with Gasteiger partial charge in [0.05, 0.1) is 17.5 Å². The molecule has 0 unspecified atom stereocenters. The van der Waals surface area contributed by atoms with Crippen LogP contribution >= 0.6 is 0 Å². The molecule has 0 heterocycles. The van der Waals surface area contributed by atoms with Crippen molar-refractivity contribution in [1.29, 1.82) is 0 Å². The zero-order valence-electron chi connectivity index (χ0n) is 14.5. The van der Waals surface area contributed by atoms with Crippen molar-refractivity contribution < 1.29 is 18.4 Å². The number of nitrogens with one attached hydrogen (secondary N) is 2. The third kappa shape index (κ3) is 4.85. The molecule has 0 atom stereocenters. The zero-order chi connectivity index (χ0) is 19.9. The normalized spacial score (nSPS) is 10.6. The number of carbonyl (C=O) groups is 2. The second-order valence-corrected chi connectivity index (χ2v) is 5.76. The first-order chi connectivity index (χ1) is 13.5. The fourth-order valence-corrected chi connectivity index (χ4v) is 2.39. The third-order valence-corrected chi connectivity index (χ3v) is 3.76. The fourth-order valence-electron chi connectivity index (χ4n) is 2.39. The maximum Gasteiger partial charge on any atom is 0.273 e. The van der Waals surface area contributed by atoms with E-state index < -0.39 is 17.6 Å². The number of nitrogens with zero attached hydrogens (tertiary/aromatic N) is 1. The Kier molecular flexibility index (Phi) is 5.86. The molecule has 0 aliphatic heterocycles. The highest BCUT2D eigenvalue weighted by atomic mass is 19.1. The molecule has 7 heteroatoms. The summed E-state index contributed by atoms with van der Waals surface area (Å²) in [7, 11) is 0. The van der Waals surface area contributed by atoms with Crippen molar-refractivity contribution in [2.24, 2.45) is 5.10 Å². The Labute approximate surface area is 159 Å². The number of halogens is 2. The standard InChI is InChI=1S/C21H15F2N3O2/c22-16-10-8-14(9-11-16)13-24-26-21(28)18-6-1-2-7-19(18)25-20(27)15-4-3-5-17(23)12-15/h1-13H,(H,25,27)(H,26,28)/b24-13+. The van der Waals surface area contributed by atoms with Crippen LogP contribution in [0.2, 0.25) is 0 Å². The van der Waals surface area contributed by atoms with Gasteiger partial charge in [-0.15, -0.1) is 0 Å². The predicted octanol–water partition coefficient (Wildman–Crippen LogP) is 3.98. The van der Waals surface area contributed by atoms with E-state index in [1.54, 1.807) is 18.2 Å². The number of amides is 2. The van der Waals surface area contributed by atoms with E-state index in [1.165, 1.54) is 54.7 Å². The van der Waals surface area contributed by atoms with Gasteiger partial charge in [0.15, 0.2) is 0 Å². The SMILES string of the molecule is O=C(Nc1ccccc1C(=O)N/N=C/c1ccc(F)cc1)c1cccc(F)c1. The predicted molar refractivity (Wildman–Crippen MR) is 102 cm³/mol. The van der Waals surface area contributed by atoms with E-state index in [9.17, 15) is 18.4 Å². The van der Waals surface area contributed by atoms with Crippen molar-refractivity contribution >= 4 is 23.7 Å². The maximum atomic E-state index is 13.3. The molecule has 3 rings (SSSR count). The van der Waals surface area contributed by atoms with E-state index in [0.29, 0.717) is 5.56 Å². The first kappa shape index (κ1) is 18.9. The lowest BCUT2D eigenvalue weighted by Crippen LogP contribution is -2.21. The Hall–Kier alpha value is -3.87. The third-order valence-electron chi connectivity index (χ3n) is 3.76. The number of hydrogen-bond acceptors (Lipinski definition) is 3. The highest BCUT2D eigenvalue weighted by Crippen LogP contribution is 2.16. The second-order valence-electron chi connectivity index (χ2n) is 5.76. The van der Waals surface area contributed by atoms with Crippen LogP contribution in [-0.4, -0.2) is 18.0 Å². The summed E-state index contributed by atoms with van der Waals surface area (Å²) in [5, 5.41) is 6.42. The second kappa shape index (κ2) is 8.68. The molecule has 140 valence electrons. The number of rotatable bonds is 5. The summed E-state index contributed by atoms with van der Waals surface area (Å²) in [4.78, 5) is 24.7. The zero-order valence-corrected chi connectivity index (χ0v) is 14.5. The van der Waals surface area contributed by atoms with Gasteiger partial charge in [-0.1, -0.05) is 30.3 Å². The summed E-state index contributed by atoms with van der Waals surface area (Å²) in [6.45, 7) is 0. The largest absolute Gasteiger partial charge is 0.321 e. The van der Waals surface area contributed by atoms with Crippen LogP contribution < -0.4 is 10.7 Å². The van der Waals surface area contributed by atoms with Crippen LogP contribution in [0.25, 0.3) is 0 Å². The highest BCUT2D eigenvalue weighted by molar-refractivity contribution is 6.09. The van der Waals surface area contributed by atoms with Crippen molar-refractivity contribution in [3.63, 3.8) is 0 Å². The summed E-state index contributed by atoms with van der Waals surface area (Å²) in [5.41, 5.74) is 3.52. The minimum atomic E-state index is -0.548. The van der Waals surface area contributed by atoms with Crippen LogP contribution in [0.5, 0.6) is 0 Å². The van der Waals surface area contributed by atoms with Crippen LogP contribution in [0.3, 0.4) is 0 Å². The lowest BCUT2D eigenvalue weighted by Gasteiger charge is -2.10. The first-order valence-electron chi connectivity index (χ1n) is 8.28. The van der Waals surface area contributed by atoms with Gasteiger partial charge in [-0.2, -0.15) is 5.10 Å². The van der Waals surface area contributed by atoms with E-state index in [1.807, 2.05) is 0 Å². The smallest absolute Gasteiger partial charge is 0.273 e. The molecule has 0 aromatic heterocycles. The van der Waals surface area contributed by atoms with Gasteiger partial charge in [-0.25, -0.2) is 14.2 Å². The molecule has 0 bridgehead atoms. The monoisotopic (exact) mass is 379 g/mol. The van der Waals surface area contributed by atoms with Crippen molar-refractivity contribution in [3.8, 4) is 0 Å². The molecule has 5 nitrogen and oxygen atoms in total. The molecule has 0 saturated carbocycles. The van der Waals surface area contributed by atoms with Gasteiger partial charge in [0.1, 0.15) is 11.6 Å². The maximum absolute atomic E-state index is 13.3. The van der Waals surface area contributed by atoms with Crippen LogP contribution in [-0.2, 0) is 0 Å². The van der Waals surface area contributed by atoms with E-state index >= 15 is 0 Å². The average molecular weight is 379 g/mol. The van der Waals surface area contributed by atoms with Gasteiger partial charge in [0.2, 0.25) is 0 Å². The minimum Gasteiger partial charge on any atom is -0.321 e. The van der Waals surface area contributed by atoms with E-state index in [-0.39, 0.29) is 22.6 Å². The Morgan fingerprint density at radius 3 is 2.32 bits per heavy atom. The summed E-state index contributed by atoms with van der Waals surface area (Å²) in [6.07, 6.45) is 1.37. The Morgan fingerprint density at radius 1 is 0.821 bits per heavy atom. The highest BCUT2D eigenvalue weighted by Gasteiger charge is 2.14. The van der Waals surface area contributed by atoms with Crippen molar-refractivity contribution in [3.05, 3.63) is 101 Å². The molecular weight excluding hydrogens is 364 g/mol. The fraction of sp³-hybridized carbons (Fsp3) is 0. The van der Waals surface area contributed by atoms with Gasteiger partial charge in [-0.05, 0) is 48.0 Å². The number of para-hydroxylation sites is 1. The Morgan fingerprint density at radius 2 is 1.57 bits per heavy atom. The molecule has 0 saturated heterocycles. The van der Waals surface area contributed by atoms with Crippen LogP contribution in [0.15, 0.2) is 77.9 Å². The molecule has 2 N–H and O–H groups in total. The summed E-state index contributed by atoms with van der Waals surface area (Å²) in [5.74, 6) is -2.00. The number of benzene rings is 3. The number of hydrogen-bond donors (Lipinski definition) is 2. The summed E-state index contributed by atoms with van der Waals surface area (Å²) in [6, 6.07) is 17.2. The molecular formula is C21H15F2N3O2. The van der Waals surface area contributed by atoms with Crippen LogP contribution in [0.1, 0.15) is 26.3 Å². The van der Waals surface area contributed by atoms with Gasteiger partial charge < -0.3 is 5.32 Å². The molecule has 0 radical (unpaired) electrons. The quantitative estimate of drug-likeness (QED) is 0.520. The summed E-state index contributed by atoms with van der Waals surface area (Å²) >= 11 is 0. The van der Waals surface area contributed by atoms with Crippen LogP contribution in [0, 0.1) is 11.6 Å². The van der Waals surface area contributed by atoms with Gasteiger partial charge in [0.25, 0.3) is 11.8 Å². The van der Waals surface area contributed by atoms with Gasteiger partial charge >= 0.3 is 0 Å². The minimum absolute atomic E-state index is 0.129. The van der Waals surface area contributed by atoms with Crippen molar-refractivity contribution in [2.45, 2.75) is 0 Å². The van der Waals surface area contributed by atoms with Crippen LogP contribution in [0.4, 0.5) is 14.5 Å². The van der Waals surface area contributed by atoms with Gasteiger partial charge in [-0.3, -0.25) is 9.59 Å². The molecule has 0 aliphatic rings. The number of anilines is 1. The molecule has 0 fully saturated rings. The molecule has 2 amide bonds. The van der Waals surface area contributed by atoms with Crippen molar-refractivity contribution in [2.75, 3.05) is 5.32 Å². The Bertz CT molecular complexity index is 1030. The topological polar surface area (TPSA) is 70.6 Å². The Balaban J connectivity index is 1.71. The van der Waals surface area contributed by atoms with E-state index in [0.717, 1.165) is 6.07 Å². The first-order valence-corrected chi connectivity index (χ1v) is 8.28. The molecule has 0 spiro atoms.